The molecule has 0 spiro atoms. The first-order chi connectivity index (χ1) is 8.37. The number of carboxylic acid groups (broad SMARTS) is 1. The molecule has 0 atom stereocenters. The maximum atomic E-state index is 11.3. The highest BCUT2D eigenvalue weighted by Crippen LogP contribution is 2.25. The number of hydrogen-bond donors (Lipinski definition) is 2. The standard InChI is InChI=1S/C13H25NO4/c1-4-9-18-10-11(15)14-8-7-13(2,3)6-5-12(16)17/h4-10H2,1-3H3,(H,14,15)(H,16,17). The highest BCUT2D eigenvalue weighted by molar-refractivity contribution is 5.77. The molecule has 0 aliphatic rings. The highest BCUT2D eigenvalue weighted by Gasteiger charge is 2.19. The topological polar surface area (TPSA) is 75.6 Å². The summed E-state index contributed by atoms with van der Waals surface area (Å²) in [4.78, 5) is 21.8. The summed E-state index contributed by atoms with van der Waals surface area (Å²) in [6.07, 6.45) is 2.44. The van der Waals surface area contributed by atoms with E-state index in [2.05, 4.69) is 5.32 Å². The molecule has 106 valence electrons. The van der Waals surface area contributed by atoms with Crippen LogP contribution in [0.1, 0.15) is 46.5 Å². The number of amides is 1. The summed E-state index contributed by atoms with van der Waals surface area (Å²) >= 11 is 0. The van der Waals surface area contributed by atoms with Crippen molar-refractivity contribution < 1.29 is 19.4 Å². The van der Waals surface area contributed by atoms with Crippen molar-refractivity contribution in [3.05, 3.63) is 0 Å². The maximum Gasteiger partial charge on any atom is 0.303 e. The molecule has 0 fully saturated rings. The summed E-state index contributed by atoms with van der Waals surface area (Å²) in [6, 6.07) is 0. The molecule has 0 saturated heterocycles. The largest absolute Gasteiger partial charge is 0.481 e. The molecule has 0 heterocycles. The number of ether oxygens (including phenoxy) is 1. The van der Waals surface area contributed by atoms with E-state index < -0.39 is 5.97 Å². The second kappa shape index (κ2) is 8.91. The van der Waals surface area contributed by atoms with Gasteiger partial charge >= 0.3 is 5.97 Å². The predicted octanol–water partition coefficient (Wildman–Crippen LogP) is 1.81. The van der Waals surface area contributed by atoms with Crippen LogP contribution in [0.5, 0.6) is 0 Å². The van der Waals surface area contributed by atoms with Crippen LogP contribution < -0.4 is 5.32 Å². The molecule has 5 nitrogen and oxygen atoms in total. The monoisotopic (exact) mass is 259 g/mol. The number of aliphatic carboxylic acids is 1. The van der Waals surface area contributed by atoms with Crippen LogP contribution in [0, 0.1) is 5.41 Å². The third-order valence-corrected chi connectivity index (χ3v) is 2.72. The zero-order chi connectivity index (χ0) is 14.0. The summed E-state index contributed by atoms with van der Waals surface area (Å²) in [6.45, 7) is 7.26. The lowest BCUT2D eigenvalue weighted by Gasteiger charge is -2.23. The molecule has 0 radical (unpaired) electrons. The Morgan fingerprint density at radius 1 is 1.28 bits per heavy atom. The Kier molecular flexibility index (Phi) is 8.37. The Bertz CT molecular complexity index is 264. The first kappa shape index (κ1) is 16.9. The van der Waals surface area contributed by atoms with Crippen molar-refractivity contribution in [2.75, 3.05) is 19.8 Å². The number of hydrogen-bond acceptors (Lipinski definition) is 3. The van der Waals surface area contributed by atoms with Crippen LogP contribution in [0.25, 0.3) is 0 Å². The van der Waals surface area contributed by atoms with E-state index in [9.17, 15) is 9.59 Å². The smallest absolute Gasteiger partial charge is 0.303 e. The highest BCUT2D eigenvalue weighted by atomic mass is 16.5. The fourth-order valence-corrected chi connectivity index (χ4v) is 1.47. The summed E-state index contributed by atoms with van der Waals surface area (Å²) < 4.78 is 5.12. The number of nitrogens with one attached hydrogen (secondary N) is 1. The lowest BCUT2D eigenvalue weighted by atomic mass is 9.84. The van der Waals surface area contributed by atoms with E-state index in [0.29, 0.717) is 19.6 Å². The molecule has 0 rings (SSSR count). The van der Waals surface area contributed by atoms with Crippen molar-refractivity contribution in [3.63, 3.8) is 0 Å². The van der Waals surface area contributed by atoms with Crippen LogP contribution in [0.3, 0.4) is 0 Å². The van der Waals surface area contributed by atoms with Gasteiger partial charge in [-0.3, -0.25) is 9.59 Å². The second-order valence-corrected chi connectivity index (χ2v) is 5.21. The molecule has 0 bridgehead atoms. The van der Waals surface area contributed by atoms with Gasteiger partial charge in [-0.15, -0.1) is 0 Å². The van der Waals surface area contributed by atoms with Crippen LogP contribution in [-0.4, -0.2) is 36.7 Å². The minimum absolute atomic E-state index is 0.0735. The SMILES string of the molecule is CCCOCC(=O)NCCC(C)(C)CCC(=O)O. The fourth-order valence-electron chi connectivity index (χ4n) is 1.47. The van der Waals surface area contributed by atoms with Crippen molar-refractivity contribution in [2.24, 2.45) is 5.41 Å². The molecule has 0 aliphatic heterocycles. The van der Waals surface area contributed by atoms with Gasteiger partial charge in [-0.1, -0.05) is 20.8 Å². The zero-order valence-corrected chi connectivity index (χ0v) is 11.6. The van der Waals surface area contributed by atoms with E-state index in [1.165, 1.54) is 0 Å². The van der Waals surface area contributed by atoms with Gasteiger partial charge in [0.25, 0.3) is 0 Å². The Morgan fingerprint density at radius 2 is 1.94 bits per heavy atom. The van der Waals surface area contributed by atoms with Gasteiger partial charge in [-0.2, -0.15) is 0 Å². The number of carbonyl (C=O) groups is 2. The van der Waals surface area contributed by atoms with E-state index in [4.69, 9.17) is 9.84 Å². The first-order valence-corrected chi connectivity index (χ1v) is 6.43. The summed E-state index contributed by atoms with van der Waals surface area (Å²) in [5.74, 6) is -0.891. The van der Waals surface area contributed by atoms with E-state index in [1.807, 2.05) is 20.8 Å². The summed E-state index contributed by atoms with van der Waals surface area (Å²) in [5.41, 5.74) is -0.0735. The van der Waals surface area contributed by atoms with Gasteiger partial charge in [0, 0.05) is 19.6 Å². The van der Waals surface area contributed by atoms with E-state index >= 15 is 0 Å². The molecule has 5 heteroatoms. The van der Waals surface area contributed by atoms with Gasteiger partial charge in [-0.25, -0.2) is 0 Å². The molecule has 1 amide bonds. The van der Waals surface area contributed by atoms with Gasteiger partial charge in [0.05, 0.1) is 0 Å². The molecule has 0 aromatic heterocycles. The maximum absolute atomic E-state index is 11.3. The molecule has 0 aliphatic carbocycles. The number of rotatable bonds is 10. The van der Waals surface area contributed by atoms with Crippen molar-refractivity contribution in [3.8, 4) is 0 Å². The second-order valence-electron chi connectivity index (χ2n) is 5.21. The molecular weight excluding hydrogens is 234 g/mol. The van der Waals surface area contributed by atoms with Crippen molar-refractivity contribution >= 4 is 11.9 Å². The van der Waals surface area contributed by atoms with E-state index in [1.54, 1.807) is 0 Å². The Hall–Kier alpha value is -1.10. The van der Waals surface area contributed by atoms with Gasteiger partial charge < -0.3 is 15.2 Å². The van der Waals surface area contributed by atoms with Crippen LogP contribution >= 0.6 is 0 Å². The zero-order valence-electron chi connectivity index (χ0n) is 11.6. The van der Waals surface area contributed by atoms with E-state index in [0.717, 1.165) is 12.8 Å². The molecule has 0 aromatic rings. The van der Waals surface area contributed by atoms with Crippen molar-refractivity contribution in [1.82, 2.24) is 5.32 Å². The minimum atomic E-state index is -0.778. The Labute approximate surface area is 109 Å². The van der Waals surface area contributed by atoms with Crippen LogP contribution in [0.2, 0.25) is 0 Å². The number of carboxylic acids is 1. The predicted molar refractivity (Wildman–Crippen MR) is 69.4 cm³/mol. The molecule has 0 saturated carbocycles. The normalized spacial score (nSPS) is 11.3. The van der Waals surface area contributed by atoms with Gasteiger partial charge in [0.2, 0.25) is 5.91 Å². The van der Waals surface area contributed by atoms with Gasteiger partial charge in [-0.05, 0) is 24.7 Å². The third-order valence-electron chi connectivity index (χ3n) is 2.72. The average molecular weight is 259 g/mol. The quantitative estimate of drug-likeness (QED) is 0.587. The van der Waals surface area contributed by atoms with Crippen molar-refractivity contribution in [2.45, 2.75) is 46.5 Å². The Balaban J connectivity index is 3.68. The van der Waals surface area contributed by atoms with Crippen LogP contribution in [0.4, 0.5) is 0 Å². The molecular formula is C13H25NO4. The van der Waals surface area contributed by atoms with Crippen LogP contribution in [0.15, 0.2) is 0 Å². The average Bonchev–Trinajstić information content (AvgIpc) is 2.27. The minimum Gasteiger partial charge on any atom is -0.481 e. The lowest BCUT2D eigenvalue weighted by molar-refractivity contribution is -0.137. The number of carbonyl (C=O) groups excluding carboxylic acids is 1. The van der Waals surface area contributed by atoms with Gasteiger partial charge in [0.15, 0.2) is 0 Å². The molecule has 18 heavy (non-hydrogen) atoms. The summed E-state index contributed by atoms with van der Waals surface area (Å²) in [7, 11) is 0. The summed E-state index contributed by atoms with van der Waals surface area (Å²) in [5, 5.41) is 11.4. The molecule has 2 N–H and O–H groups in total. The Morgan fingerprint density at radius 3 is 2.50 bits per heavy atom. The molecule has 0 unspecified atom stereocenters. The van der Waals surface area contributed by atoms with Crippen molar-refractivity contribution in [1.29, 1.82) is 0 Å². The first-order valence-electron chi connectivity index (χ1n) is 6.43. The molecule has 0 aromatic carbocycles. The lowest BCUT2D eigenvalue weighted by Crippen LogP contribution is -2.31. The van der Waals surface area contributed by atoms with E-state index in [-0.39, 0.29) is 24.3 Å². The van der Waals surface area contributed by atoms with Gasteiger partial charge in [0.1, 0.15) is 6.61 Å². The fraction of sp³-hybridized carbons (Fsp3) is 0.846. The van der Waals surface area contributed by atoms with Crippen LogP contribution in [-0.2, 0) is 14.3 Å². The third kappa shape index (κ3) is 10.1.